The molecule has 0 unspecified atom stereocenters. The van der Waals surface area contributed by atoms with Gasteiger partial charge in [-0.25, -0.2) is 0 Å². The predicted octanol–water partition coefficient (Wildman–Crippen LogP) is 3.07. The van der Waals surface area contributed by atoms with Gasteiger partial charge in [0.2, 0.25) is 5.91 Å². The maximum atomic E-state index is 12.1. The molecule has 1 saturated carbocycles. The second-order valence-electron chi connectivity index (χ2n) is 7.39. The van der Waals surface area contributed by atoms with E-state index in [4.69, 9.17) is 0 Å². The molecule has 22 heavy (non-hydrogen) atoms. The number of benzene rings is 1. The lowest BCUT2D eigenvalue weighted by Crippen LogP contribution is -2.56. The van der Waals surface area contributed by atoms with Crippen molar-refractivity contribution in [1.82, 2.24) is 10.2 Å². The molecule has 3 fully saturated rings. The van der Waals surface area contributed by atoms with Crippen molar-refractivity contribution in [2.45, 2.75) is 62.4 Å². The largest absolute Gasteiger partial charge is 0.349 e. The quantitative estimate of drug-likeness (QED) is 0.910. The zero-order valence-corrected chi connectivity index (χ0v) is 13.3. The van der Waals surface area contributed by atoms with Gasteiger partial charge in [-0.05, 0) is 31.2 Å². The van der Waals surface area contributed by atoms with E-state index in [-0.39, 0.29) is 11.4 Å². The van der Waals surface area contributed by atoms with Crippen molar-refractivity contribution in [3.8, 4) is 0 Å². The second kappa shape index (κ2) is 5.69. The molecule has 2 heterocycles. The number of rotatable bonds is 2. The van der Waals surface area contributed by atoms with Gasteiger partial charge in [-0.1, -0.05) is 43.2 Å². The van der Waals surface area contributed by atoms with E-state index in [1.807, 2.05) is 0 Å². The Bertz CT molecular complexity index is 538. The van der Waals surface area contributed by atoms with E-state index < -0.39 is 0 Å². The van der Waals surface area contributed by atoms with Crippen LogP contribution in [0.4, 0.5) is 0 Å². The first-order valence-electron chi connectivity index (χ1n) is 8.87. The molecule has 1 aliphatic carbocycles. The van der Waals surface area contributed by atoms with Crippen LogP contribution in [0.2, 0.25) is 0 Å². The minimum absolute atomic E-state index is 0.0285. The third kappa shape index (κ3) is 2.45. The zero-order valence-electron chi connectivity index (χ0n) is 13.3. The van der Waals surface area contributed by atoms with Crippen LogP contribution in [0.15, 0.2) is 30.3 Å². The third-order valence-corrected chi connectivity index (χ3v) is 6.03. The molecule has 118 valence electrons. The summed E-state index contributed by atoms with van der Waals surface area (Å²) in [5, 5.41) is 3.41. The lowest BCUT2D eigenvalue weighted by molar-refractivity contribution is -0.125. The minimum Gasteiger partial charge on any atom is -0.349 e. The first kappa shape index (κ1) is 14.3. The van der Waals surface area contributed by atoms with Gasteiger partial charge in [0.1, 0.15) is 0 Å². The van der Waals surface area contributed by atoms with Crippen LogP contribution in [0.3, 0.4) is 0 Å². The van der Waals surface area contributed by atoms with E-state index in [9.17, 15) is 4.79 Å². The van der Waals surface area contributed by atoms with Crippen molar-refractivity contribution in [3.05, 3.63) is 35.9 Å². The summed E-state index contributed by atoms with van der Waals surface area (Å²) >= 11 is 0. The van der Waals surface area contributed by atoms with Crippen LogP contribution in [0.25, 0.3) is 0 Å². The van der Waals surface area contributed by atoms with Gasteiger partial charge >= 0.3 is 0 Å². The summed E-state index contributed by atoms with van der Waals surface area (Å²) in [6.45, 7) is 2.15. The number of hydrogen-bond acceptors (Lipinski definition) is 2. The van der Waals surface area contributed by atoms with Crippen molar-refractivity contribution >= 4 is 5.91 Å². The van der Waals surface area contributed by atoms with Crippen molar-refractivity contribution in [2.24, 2.45) is 0 Å². The Morgan fingerprint density at radius 3 is 2.59 bits per heavy atom. The maximum Gasteiger partial charge on any atom is 0.220 e. The van der Waals surface area contributed by atoms with E-state index in [1.165, 1.54) is 31.2 Å². The predicted molar refractivity (Wildman–Crippen MR) is 87.7 cm³/mol. The van der Waals surface area contributed by atoms with E-state index in [0.29, 0.717) is 12.3 Å². The molecule has 3 nitrogen and oxygen atoms in total. The number of amides is 1. The Balaban J connectivity index is 1.64. The van der Waals surface area contributed by atoms with Crippen molar-refractivity contribution < 1.29 is 4.79 Å². The van der Waals surface area contributed by atoms with Gasteiger partial charge in [-0.15, -0.1) is 0 Å². The Labute approximate surface area is 133 Å². The maximum absolute atomic E-state index is 12.1. The van der Waals surface area contributed by atoms with Crippen LogP contribution in [0, 0.1) is 0 Å². The lowest BCUT2D eigenvalue weighted by atomic mass is 9.76. The molecule has 1 aromatic carbocycles. The molecule has 1 aromatic rings. The molecule has 2 aliphatic heterocycles. The summed E-state index contributed by atoms with van der Waals surface area (Å²) in [6, 6.07) is 11.6. The molecule has 1 amide bonds. The van der Waals surface area contributed by atoms with Gasteiger partial charge < -0.3 is 5.32 Å². The number of likely N-dealkylation sites (tertiary alicyclic amines) is 1. The second-order valence-corrected chi connectivity index (χ2v) is 7.39. The average molecular weight is 298 g/mol. The fourth-order valence-electron chi connectivity index (χ4n) is 4.95. The number of piperidine rings is 1. The highest BCUT2D eigenvalue weighted by molar-refractivity contribution is 5.78. The Hall–Kier alpha value is -1.35. The van der Waals surface area contributed by atoms with Gasteiger partial charge in [0.15, 0.2) is 0 Å². The summed E-state index contributed by atoms with van der Waals surface area (Å²) in [7, 11) is 0. The van der Waals surface area contributed by atoms with E-state index in [1.54, 1.807) is 0 Å². The number of hydrogen-bond donors (Lipinski definition) is 1. The molecule has 2 saturated heterocycles. The molecule has 3 heteroatoms. The van der Waals surface area contributed by atoms with Crippen molar-refractivity contribution in [1.29, 1.82) is 0 Å². The Kier molecular flexibility index (Phi) is 3.69. The highest BCUT2D eigenvalue weighted by Crippen LogP contribution is 2.43. The van der Waals surface area contributed by atoms with Crippen LogP contribution in [0.1, 0.15) is 56.4 Å². The third-order valence-electron chi connectivity index (χ3n) is 6.03. The zero-order chi connectivity index (χ0) is 15.0. The SMILES string of the molecule is O=C1CCC[C@]2(CN(C3CCCC3)C[C@@H]2c2ccccc2)N1. The summed E-state index contributed by atoms with van der Waals surface area (Å²) < 4.78 is 0. The molecule has 0 radical (unpaired) electrons. The first-order valence-corrected chi connectivity index (χ1v) is 8.87. The Morgan fingerprint density at radius 2 is 1.86 bits per heavy atom. The summed E-state index contributed by atoms with van der Waals surface area (Å²) in [6.07, 6.45) is 8.28. The molecule has 1 N–H and O–H groups in total. The summed E-state index contributed by atoms with van der Waals surface area (Å²) in [5.74, 6) is 0.694. The molecular weight excluding hydrogens is 272 g/mol. The lowest BCUT2D eigenvalue weighted by Gasteiger charge is -2.39. The van der Waals surface area contributed by atoms with Crippen LogP contribution < -0.4 is 5.32 Å². The van der Waals surface area contributed by atoms with E-state index in [0.717, 1.165) is 32.0 Å². The van der Waals surface area contributed by atoms with E-state index in [2.05, 4.69) is 40.5 Å². The van der Waals surface area contributed by atoms with Crippen LogP contribution >= 0.6 is 0 Å². The van der Waals surface area contributed by atoms with Crippen molar-refractivity contribution in [3.63, 3.8) is 0 Å². The molecule has 4 rings (SSSR count). The highest BCUT2D eigenvalue weighted by atomic mass is 16.1. The van der Waals surface area contributed by atoms with Crippen LogP contribution in [0.5, 0.6) is 0 Å². The van der Waals surface area contributed by atoms with Gasteiger partial charge in [-0.3, -0.25) is 9.69 Å². The molecule has 0 aromatic heterocycles. The first-order chi connectivity index (χ1) is 10.8. The number of nitrogens with zero attached hydrogens (tertiary/aromatic N) is 1. The molecular formula is C19H26N2O. The Morgan fingerprint density at radius 1 is 1.09 bits per heavy atom. The fraction of sp³-hybridized carbons (Fsp3) is 0.632. The van der Waals surface area contributed by atoms with Gasteiger partial charge in [0.05, 0.1) is 5.54 Å². The normalized spacial score (nSPS) is 33.5. The molecule has 3 aliphatic rings. The van der Waals surface area contributed by atoms with Gasteiger partial charge in [0, 0.05) is 31.5 Å². The molecule has 0 bridgehead atoms. The smallest absolute Gasteiger partial charge is 0.220 e. The topological polar surface area (TPSA) is 32.3 Å². The van der Waals surface area contributed by atoms with Gasteiger partial charge in [-0.2, -0.15) is 0 Å². The standard InChI is InChI=1S/C19H26N2O/c22-18-11-6-12-19(20-18)14-21(16-9-4-5-10-16)13-17(19)15-7-2-1-3-8-15/h1-3,7-8,16-17H,4-6,9-14H2,(H,20,22)/t17-,19-/m1/s1. The van der Waals surface area contributed by atoms with Crippen molar-refractivity contribution in [2.75, 3.05) is 13.1 Å². The molecule has 2 atom stereocenters. The minimum atomic E-state index is -0.0285. The average Bonchev–Trinajstić information content (AvgIpc) is 3.16. The van der Waals surface area contributed by atoms with Crippen LogP contribution in [-0.4, -0.2) is 35.5 Å². The van der Waals surface area contributed by atoms with E-state index >= 15 is 0 Å². The summed E-state index contributed by atoms with van der Waals surface area (Å²) in [4.78, 5) is 14.8. The van der Waals surface area contributed by atoms with Crippen LogP contribution in [-0.2, 0) is 4.79 Å². The monoisotopic (exact) mass is 298 g/mol. The fourth-order valence-corrected chi connectivity index (χ4v) is 4.95. The molecule has 1 spiro atoms. The number of carbonyl (C=O) groups excluding carboxylic acids is 1. The number of carbonyl (C=O) groups is 1. The highest BCUT2D eigenvalue weighted by Gasteiger charge is 2.50. The number of nitrogens with one attached hydrogen (secondary N) is 1. The summed E-state index contributed by atoms with van der Waals surface area (Å²) in [5.41, 5.74) is 1.37. The van der Waals surface area contributed by atoms with Gasteiger partial charge in [0.25, 0.3) is 0 Å².